The minimum atomic E-state index is -0.0937. The predicted octanol–water partition coefficient (Wildman–Crippen LogP) is 1.52. The van der Waals surface area contributed by atoms with Crippen LogP contribution >= 0.6 is 0 Å². The molecule has 2 fully saturated rings. The molecule has 1 heterocycles. The topological polar surface area (TPSA) is 46.3 Å². The molecule has 1 aliphatic heterocycles. The molecule has 3 nitrogen and oxygen atoms in total. The number of primary amides is 1. The summed E-state index contributed by atoms with van der Waals surface area (Å²) >= 11 is 0. The Morgan fingerprint density at radius 3 is 2.20 bits per heavy atom. The summed E-state index contributed by atoms with van der Waals surface area (Å²) < 4.78 is 0. The number of hydrogen-bond donors (Lipinski definition) is 1. The lowest BCUT2D eigenvalue weighted by Crippen LogP contribution is -2.48. The largest absolute Gasteiger partial charge is 0.368 e. The van der Waals surface area contributed by atoms with Gasteiger partial charge in [0.2, 0.25) is 5.91 Å². The molecule has 2 aliphatic rings. The summed E-state index contributed by atoms with van der Waals surface area (Å²) in [6.45, 7) is 2.15. The van der Waals surface area contributed by atoms with E-state index in [0.29, 0.717) is 5.92 Å². The number of carbonyl (C=O) groups excluding carboxylic acids is 1. The highest BCUT2D eigenvalue weighted by molar-refractivity contribution is 5.80. The maximum absolute atomic E-state index is 11.6. The highest BCUT2D eigenvalue weighted by Crippen LogP contribution is 2.30. The molecule has 0 aromatic rings. The van der Waals surface area contributed by atoms with Crippen LogP contribution in [-0.4, -0.2) is 29.9 Å². The molecule has 0 aromatic heterocycles. The predicted molar refractivity (Wildman–Crippen MR) is 60.4 cm³/mol. The van der Waals surface area contributed by atoms with E-state index >= 15 is 0 Å². The van der Waals surface area contributed by atoms with Gasteiger partial charge in [0, 0.05) is 0 Å². The molecule has 0 aromatic carbocycles. The Hall–Kier alpha value is -0.570. The standard InChI is InChI=1S/C12H22N2O/c13-12(15)11(14-8-4-5-9-14)10-6-2-1-3-7-10/h10-11H,1-9H2,(H2,13,15)/t11-/m1/s1. The number of carbonyl (C=O) groups is 1. The molecule has 1 saturated heterocycles. The van der Waals surface area contributed by atoms with Gasteiger partial charge in [-0.05, 0) is 44.7 Å². The molecule has 1 atom stereocenters. The highest BCUT2D eigenvalue weighted by Gasteiger charge is 2.33. The van der Waals surface area contributed by atoms with Crippen LogP contribution in [0.4, 0.5) is 0 Å². The lowest BCUT2D eigenvalue weighted by Gasteiger charge is -2.34. The first-order valence-electron chi connectivity index (χ1n) is 6.32. The van der Waals surface area contributed by atoms with Crippen molar-refractivity contribution in [3.05, 3.63) is 0 Å². The molecule has 0 bridgehead atoms. The van der Waals surface area contributed by atoms with Gasteiger partial charge in [0.1, 0.15) is 0 Å². The molecular weight excluding hydrogens is 188 g/mol. The molecule has 15 heavy (non-hydrogen) atoms. The van der Waals surface area contributed by atoms with Crippen molar-refractivity contribution in [1.29, 1.82) is 0 Å². The number of likely N-dealkylation sites (tertiary alicyclic amines) is 1. The van der Waals surface area contributed by atoms with Crippen LogP contribution in [0.2, 0.25) is 0 Å². The zero-order chi connectivity index (χ0) is 10.7. The fraction of sp³-hybridized carbons (Fsp3) is 0.917. The smallest absolute Gasteiger partial charge is 0.235 e. The van der Waals surface area contributed by atoms with Gasteiger partial charge in [0.05, 0.1) is 6.04 Å². The zero-order valence-corrected chi connectivity index (χ0v) is 9.45. The highest BCUT2D eigenvalue weighted by atomic mass is 16.1. The molecule has 1 saturated carbocycles. The number of nitrogens with zero attached hydrogens (tertiary/aromatic N) is 1. The Morgan fingerprint density at radius 1 is 1.07 bits per heavy atom. The lowest BCUT2D eigenvalue weighted by molar-refractivity contribution is -0.125. The van der Waals surface area contributed by atoms with E-state index in [1.165, 1.54) is 44.9 Å². The molecule has 1 amide bonds. The molecular formula is C12H22N2O. The van der Waals surface area contributed by atoms with Crippen molar-refractivity contribution in [2.75, 3.05) is 13.1 Å². The van der Waals surface area contributed by atoms with Crippen LogP contribution in [-0.2, 0) is 4.79 Å². The average molecular weight is 210 g/mol. The second-order valence-corrected chi connectivity index (χ2v) is 4.99. The van der Waals surface area contributed by atoms with Crippen molar-refractivity contribution in [3.8, 4) is 0 Å². The fourth-order valence-corrected chi connectivity index (χ4v) is 3.18. The van der Waals surface area contributed by atoms with Crippen LogP contribution in [0.3, 0.4) is 0 Å². The van der Waals surface area contributed by atoms with Crippen molar-refractivity contribution >= 4 is 5.91 Å². The van der Waals surface area contributed by atoms with Crippen LogP contribution < -0.4 is 5.73 Å². The van der Waals surface area contributed by atoms with E-state index in [2.05, 4.69) is 4.90 Å². The summed E-state index contributed by atoms with van der Waals surface area (Å²) in [6.07, 6.45) is 8.76. The minimum Gasteiger partial charge on any atom is -0.368 e. The summed E-state index contributed by atoms with van der Waals surface area (Å²) in [4.78, 5) is 13.9. The van der Waals surface area contributed by atoms with Crippen LogP contribution in [0.15, 0.2) is 0 Å². The molecule has 1 aliphatic carbocycles. The van der Waals surface area contributed by atoms with Gasteiger partial charge in [0.15, 0.2) is 0 Å². The molecule has 2 N–H and O–H groups in total. The molecule has 0 unspecified atom stereocenters. The van der Waals surface area contributed by atoms with Crippen molar-refractivity contribution in [2.45, 2.75) is 51.0 Å². The normalized spacial score (nSPS) is 26.7. The van der Waals surface area contributed by atoms with Gasteiger partial charge >= 0.3 is 0 Å². The minimum absolute atomic E-state index is 0.0350. The van der Waals surface area contributed by atoms with E-state index in [1.807, 2.05) is 0 Å². The number of amides is 1. The van der Waals surface area contributed by atoms with Gasteiger partial charge in [-0.15, -0.1) is 0 Å². The Bertz CT molecular complexity index is 218. The third kappa shape index (κ3) is 2.51. The third-order valence-electron chi connectivity index (χ3n) is 3.92. The van der Waals surface area contributed by atoms with Gasteiger partial charge < -0.3 is 5.73 Å². The van der Waals surface area contributed by atoms with E-state index in [1.54, 1.807) is 0 Å². The third-order valence-corrected chi connectivity index (χ3v) is 3.92. The van der Waals surface area contributed by atoms with Crippen LogP contribution in [0.1, 0.15) is 44.9 Å². The van der Waals surface area contributed by atoms with Crippen molar-refractivity contribution < 1.29 is 4.79 Å². The Labute approximate surface area is 92.0 Å². The second-order valence-electron chi connectivity index (χ2n) is 4.99. The average Bonchev–Trinajstić information content (AvgIpc) is 2.72. The lowest BCUT2D eigenvalue weighted by atomic mass is 9.83. The van der Waals surface area contributed by atoms with Crippen LogP contribution in [0, 0.1) is 5.92 Å². The van der Waals surface area contributed by atoms with Gasteiger partial charge in [0.25, 0.3) is 0 Å². The quantitative estimate of drug-likeness (QED) is 0.767. The zero-order valence-electron chi connectivity index (χ0n) is 9.45. The Balaban J connectivity index is 2.00. The van der Waals surface area contributed by atoms with Gasteiger partial charge in [-0.2, -0.15) is 0 Å². The van der Waals surface area contributed by atoms with E-state index in [4.69, 9.17) is 5.73 Å². The Kier molecular flexibility index (Phi) is 3.62. The van der Waals surface area contributed by atoms with Gasteiger partial charge in [-0.25, -0.2) is 0 Å². The summed E-state index contributed by atoms with van der Waals surface area (Å²) in [7, 11) is 0. The summed E-state index contributed by atoms with van der Waals surface area (Å²) in [5, 5.41) is 0. The molecule has 3 heteroatoms. The van der Waals surface area contributed by atoms with Crippen molar-refractivity contribution in [3.63, 3.8) is 0 Å². The van der Waals surface area contributed by atoms with E-state index in [0.717, 1.165) is 13.1 Å². The monoisotopic (exact) mass is 210 g/mol. The number of nitrogens with two attached hydrogens (primary N) is 1. The van der Waals surface area contributed by atoms with Crippen molar-refractivity contribution in [2.24, 2.45) is 11.7 Å². The molecule has 2 rings (SSSR count). The maximum atomic E-state index is 11.6. The Morgan fingerprint density at radius 2 is 1.67 bits per heavy atom. The second kappa shape index (κ2) is 4.97. The van der Waals surface area contributed by atoms with E-state index < -0.39 is 0 Å². The van der Waals surface area contributed by atoms with Gasteiger partial charge in [-0.3, -0.25) is 9.69 Å². The van der Waals surface area contributed by atoms with E-state index in [9.17, 15) is 4.79 Å². The van der Waals surface area contributed by atoms with Gasteiger partial charge in [-0.1, -0.05) is 19.3 Å². The molecule has 86 valence electrons. The summed E-state index contributed by atoms with van der Waals surface area (Å²) in [5.41, 5.74) is 5.57. The first kappa shape index (κ1) is 10.9. The molecule has 0 spiro atoms. The SMILES string of the molecule is NC(=O)[C@@H](C1CCCCC1)N1CCCC1. The van der Waals surface area contributed by atoms with Crippen LogP contribution in [0.25, 0.3) is 0 Å². The number of rotatable bonds is 3. The summed E-state index contributed by atoms with van der Waals surface area (Å²) in [5.74, 6) is 0.443. The van der Waals surface area contributed by atoms with E-state index in [-0.39, 0.29) is 11.9 Å². The van der Waals surface area contributed by atoms with Crippen molar-refractivity contribution in [1.82, 2.24) is 4.90 Å². The summed E-state index contributed by atoms with van der Waals surface area (Å²) in [6, 6.07) is 0.0350. The molecule has 0 radical (unpaired) electrons. The van der Waals surface area contributed by atoms with Crippen LogP contribution in [0.5, 0.6) is 0 Å². The number of hydrogen-bond acceptors (Lipinski definition) is 2. The fourth-order valence-electron chi connectivity index (χ4n) is 3.18. The first-order valence-corrected chi connectivity index (χ1v) is 6.32. The first-order chi connectivity index (χ1) is 7.29. The maximum Gasteiger partial charge on any atom is 0.235 e.